The molecule has 10 heteroatoms. The van der Waals surface area contributed by atoms with Crippen LogP contribution in [0.4, 0.5) is 0 Å². The molecule has 1 aromatic carbocycles. The fourth-order valence-corrected chi connectivity index (χ4v) is 5.08. The highest BCUT2D eigenvalue weighted by Crippen LogP contribution is 2.36. The van der Waals surface area contributed by atoms with Crippen molar-refractivity contribution in [3.63, 3.8) is 0 Å². The van der Waals surface area contributed by atoms with Gasteiger partial charge in [0, 0.05) is 18.1 Å². The van der Waals surface area contributed by atoms with Crippen LogP contribution in [0, 0.1) is 0 Å². The molecular weight excluding hydrogens is 363 g/mol. The summed E-state index contributed by atoms with van der Waals surface area (Å²) >= 11 is 17.6. The van der Waals surface area contributed by atoms with E-state index in [-0.39, 0.29) is 39.5 Å². The Hall–Kier alpha value is -0.570. The number of carboxylic acid groups (broad SMARTS) is 1. The standard InChI is InChI=1S/C11H11Cl3N2O4S/c12-6-3-7(13)9(8(14)4-6)21(19,20)16-2-1-11(15,5-16)10(17)18/h3-4H,1-2,5,15H2,(H,17,18). The van der Waals surface area contributed by atoms with Gasteiger partial charge in [-0.3, -0.25) is 4.79 Å². The maximum atomic E-state index is 12.6. The Morgan fingerprint density at radius 3 is 2.24 bits per heavy atom. The Balaban J connectivity index is 2.44. The minimum Gasteiger partial charge on any atom is -0.480 e. The van der Waals surface area contributed by atoms with Crippen LogP contribution in [0.15, 0.2) is 17.0 Å². The summed E-state index contributed by atoms with van der Waals surface area (Å²) in [5.74, 6) is -1.26. The van der Waals surface area contributed by atoms with Crippen LogP contribution in [0.1, 0.15) is 6.42 Å². The molecule has 1 unspecified atom stereocenters. The molecule has 1 saturated heterocycles. The van der Waals surface area contributed by atoms with E-state index in [1.165, 1.54) is 12.1 Å². The molecule has 0 aromatic heterocycles. The molecule has 0 saturated carbocycles. The molecule has 0 amide bonds. The Morgan fingerprint density at radius 2 is 1.81 bits per heavy atom. The molecule has 0 aliphatic carbocycles. The van der Waals surface area contributed by atoms with E-state index >= 15 is 0 Å². The molecule has 116 valence electrons. The largest absolute Gasteiger partial charge is 0.480 e. The molecule has 3 N–H and O–H groups in total. The van der Waals surface area contributed by atoms with E-state index in [2.05, 4.69) is 0 Å². The summed E-state index contributed by atoms with van der Waals surface area (Å²) in [5, 5.41) is 9.00. The van der Waals surface area contributed by atoms with E-state index < -0.39 is 21.5 Å². The van der Waals surface area contributed by atoms with Gasteiger partial charge in [0.25, 0.3) is 0 Å². The fraction of sp³-hybridized carbons (Fsp3) is 0.364. The molecule has 0 bridgehead atoms. The summed E-state index contributed by atoms with van der Waals surface area (Å²) in [6.45, 7) is -0.375. The highest BCUT2D eigenvalue weighted by Gasteiger charge is 2.46. The lowest BCUT2D eigenvalue weighted by atomic mass is 10.0. The summed E-state index contributed by atoms with van der Waals surface area (Å²) in [4.78, 5) is 10.8. The second-order valence-corrected chi connectivity index (χ2v) is 7.87. The second kappa shape index (κ2) is 5.57. The molecule has 21 heavy (non-hydrogen) atoms. The van der Waals surface area contributed by atoms with Crippen LogP contribution >= 0.6 is 34.8 Å². The van der Waals surface area contributed by atoms with Gasteiger partial charge < -0.3 is 10.8 Å². The van der Waals surface area contributed by atoms with Gasteiger partial charge in [-0.05, 0) is 18.6 Å². The number of nitrogens with two attached hydrogens (primary N) is 1. The maximum absolute atomic E-state index is 12.6. The van der Waals surface area contributed by atoms with Crippen LogP contribution in [-0.4, -0.2) is 42.4 Å². The van der Waals surface area contributed by atoms with Crippen molar-refractivity contribution in [1.29, 1.82) is 0 Å². The van der Waals surface area contributed by atoms with Gasteiger partial charge in [0.1, 0.15) is 10.4 Å². The topological polar surface area (TPSA) is 101 Å². The van der Waals surface area contributed by atoms with Crippen LogP contribution < -0.4 is 5.73 Å². The number of aliphatic carboxylic acids is 1. The molecule has 1 heterocycles. The van der Waals surface area contributed by atoms with Gasteiger partial charge in [-0.1, -0.05) is 34.8 Å². The first-order valence-electron chi connectivity index (χ1n) is 5.75. The molecule has 2 rings (SSSR count). The van der Waals surface area contributed by atoms with Gasteiger partial charge in [0.05, 0.1) is 10.0 Å². The van der Waals surface area contributed by atoms with Crippen molar-refractivity contribution in [1.82, 2.24) is 4.31 Å². The summed E-state index contributed by atoms with van der Waals surface area (Å²) < 4.78 is 26.1. The summed E-state index contributed by atoms with van der Waals surface area (Å²) in [6.07, 6.45) is 0.00436. The molecule has 0 spiro atoms. The number of rotatable bonds is 3. The second-order valence-electron chi connectivity index (χ2n) is 4.75. The first kappa shape index (κ1) is 16.8. The van der Waals surface area contributed by atoms with Crippen molar-refractivity contribution >= 4 is 50.8 Å². The van der Waals surface area contributed by atoms with Crippen molar-refractivity contribution in [3.8, 4) is 0 Å². The smallest absolute Gasteiger partial charge is 0.325 e. The van der Waals surface area contributed by atoms with Gasteiger partial charge in [-0.25, -0.2) is 8.42 Å². The molecular formula is C11H11Cl3N2O4S. The van der Waals surface area contributed by atoms with Gasteiger partial charge >= 0.3 is 5.97 Å². The van der Waals surface area contributed by atoms with Gasteiger partial charge in [-0.2, -0.15) is 4.31 Å². The Morgan fingerprint density at radius 1 is 1.29 bits per heavy atom. The fourth-order valence-electron chi connectivity index (χ4n) is 2.08. The van der Waals surface area contributed by atoms with E-state index in [1.54, 1.807) is 0 Å². The SMILES string of the molecule is NC1(C(=O)O)CCN(S(=O)(=O)c2c(Cl)cc(Cl)cc2Cl)C1. The monoisotopic (exact) mass is 372 g/mol. The summed E-state index contributed by atoms with van der Waals surface area (Å²) in [6, 6.07) is 2.51. The molecule has 1 aromatic rings. The van der Waals surface area contributed by atoms with Crippen molar-refractivity contribution in [2.24, 2.45) is 5.73 Å². The number of nitrogens with zero attached hydrogens (tertiary/aromatic N) is 1. The number of benzene rings is 1. The number of sulfonamides is 1. The van der Waals surface area contributed by atoms with Crippen LogP contribution in [0.25, 0.3) is 0 Å². The third-order valence-electron chi connectivity index (χ3n) is 3.25. The summed E-state index contributed by atoms with van der Waals surface area (Å²) in [7, 11) is -4.05. The zero-order valence-electron chi connectivity index (χ0n) is 10.5. The van der Waals surface area contributed by atoms with E-state index in [1.807, 2.05) is 0 Å². The van der Waals surface area contributed by atoms with Crippen LogP contribution in [-0.2, 0) is 14.8 Å². The highest BCUT2D eigenvalue weighted by atomic mass is 35.5. The first-order chi connectivity index (χ1) is 9.58. The maximum Gasteiger partial charge on any atom is 0.325 e. The van der Waals surface area contributed by atoms with Crippen molar-refractivity contribution in [2.45, 2.75) is 16.9 Å². The highest BCUT2D eigenvalue weighted by molar-refractivity contribution is 7.89. The average molecular weight is 374 g/mol. The third kappa shape index (κ3) is 2.99. The van der Waals surface area contributed by atoms with E-state index in [9.17, 15) is 13.2 Å². The zero-order chi connectivity index (χ0) is 16.0. The predicted octanol–water partition coefficient (Wildman–Crippen LogP) is 1.82. The zero-order valence-corrected chi connectivity index (χ0v) is 13.6. The van der Waals surface area contributed by atoms with E-state index in [0.717, 1.165) is 4.31 Å². The predicted molar refractivity (Wildman–Crippen MR) is 79.4 cm³/mol. The lowest BCUT2D eigenvalue weighted by molar-refractivity contribution is -0.142. The molecule has 1 atom stereocenters. The quantitative estimate of drug-likeness (QED) is 0.841. The average Bonchev–Trinajstić information content (AvgIpc) is 2.72. The lowest BCUT2D eigenvalue weighted by Crippen LogP contribution is -2.50. The van der Waals surface area contributed by atoms with Crippen molar-refractivity contribution in [2.75, 3.05) is 13.1 Å². The molecule has 1 aliphatic rings. The minimum atomic E-state index is -4.05. The van der Waals surface area contributed by atoms with Crippen LogP contribution in [0.5, 0.6) is 0 Å². The van der Waals surface area contributed by atoms with Crippen molar-refractivity contribution in [3.05, 3.63) is 27.2 Å². The third-order valence-corrected chi connectivity index (χ3v) is 6.24. The molecule has 0 radical (unpaired) electrons. The molecule has 1 fully saturated rings. The Bertz CT molecular complexity index is 686. The number of hydrogen-bond acceptors (Lipinski definition) is 4. The van der Waals surface area contributed by atoms with Gasteiger partial charge in [0.15, 0.2) is 0 Å². The number of halogens is 3. The molecule has 1 aliphatic heterocycles. The van der Waals surface area contributed by atoms with E-state index in [0.29, 0.717) is 0 Å². The lowest BCUT2D eigenvalue weighted by Gasteiger charge is -2.21. The Labute approximate surface area is 136 Å². The van der Waals surface area contributed by atoms with Gasteiger partial charge in [0.2, 0.25) is 10.0 Å². The number of carbonyl (C=O) groups is 1. The summed E-state index contributed by atoms with van der Waals surface area (Å²) in [5.41, 5.74) is 4.06. The van der Waals surface area contributed by atoms with Gasteiger partial charge in [-0.15, -0.1) is 0 Å². The van der Waals surface area contributed by atoms with Crippen molar-refractivity contribution < 1.29 is 18.3 Å². The van der Waals surface area contributed by atoms with Crippen LogP contribution in [0.2, 0.25) is 15.1 Å². The first-order valence-corrected chi connectivity index (χ1v) is 8.32. The Kier molecular flexibility index (Phi) is 4.45. The minimum absolute atomic E-state index is 0.00436. The molecule has 6 nitrogen and oxygen atoms in total. The normalized spacial score (nSPS) is 23.4. The number of carboxylic acids is 1. The number of hydrogen-bond donors (Lipinski definition) is 2. The van der Waals surface area contributed by atoms with E-state index in [4.69, 9.17) is 45.6 Å². The van der Waals surface area contributed by atoms with Crippen LogP contribution in [0.3, 0.4) is 0 Å².